The van der Waals surface area contributed by atoms with Gasteiger partial charge in [0.15, 0.2) is 5.78 Å². The lowest BCUT2D eigenvalue weighted by Gasteiger charge is -2.31. The van der Waals surface area contributed by atoms with Crippen molar-refractivity contribution >= 4 is 17.7 Å². The molecule has 7 heteroatoms. The topological polar surface area (TPSA) is 88.7 Å². The van der Waals surface area contributed by atoms with Crippen molar-refractivity contribution in [3.05, 3.63) is 57.9 Å². The Kier molecular flexibility index (Phi) is 7.51. The van der Waals surface area contributed by atoms with Crippen LogP contribution in [0.15, 0.2) is 24.3 Å². The van der Waals surface area contributed by atoms with Crippen molar-refractivity contribution in [2.24, 2.45) is 0 Å². The lowest BCUT2D eigenvalue weighted by atomic mass is 9.98. The van der Waals surface area contributed by atoms with E-state index in [0.29, 0.717) is 35.5 Å². The number of benzene rings is 1. The number of aromatic amines is 1. The minimum atomic E-state index is -0.726. The van der Waals surface area contributed by atoms with E-state index < -0.39 is 12.0 Å². The number of H-pyrrole nitrogens is 1. The lowest BCUT2D eigenvalue weighted by molar-refractivity contribution is 0.0410. The summed E-state index contributed by atoms with van der Waals surface area (Å²) in [7, 11) is 0. The monoisotopic (exact) mass is 440 g/mol. The first kappa shape index (κ1) is 23.7. The van der Waals surface area contributed by atoms with E-state index in [-0.39, 0.29) is 30.1 Å². The molecular formula is C25H32N2O5. The Balaban J connectivity index is 1.92. The first-order valence-electron chi connectivity index (χ1n) is 11.1. The van der Waals surface area contributed by atoms with Gasteiger partial charge in [0, 0.05) is 30.0 Å². The van der Waals surface area contributed by atoms with Crippen molar-refractivity contribution in [2.45, 2.75) is 59.6 Å². The van der Waals surface area contributed by atoms with Crippen LogP contribution in [0.25, 0.3) is 0 Å². The molecule has 1 aromatic carbocycles. The zero-order valence-corrected chi connectivity index (χ0v) is 19.5. The van der Waals surface area contributed by atoms with Crippen LogP contribution in [0.3, 0.4) is 0 Å². The first-order valence-corrected chi connectivity index (χ1v) is 11.1. The summed E-state index contributed by atoms with van der Waals surface area (Å²) in [5.41, 5.74) is 3.41. The fourth-order valence-corrected chi connectivity index (χ4v) is 4.16. The van der Waals surface area contributed by atoms with Crippen LogP contribution in [-0.2, 0) is 9.47 Å². The summed E-state index contributed by atoms with van der Waals surface area (Å²) in [5.74, 6) is -0.921. The second-order valence-corrected chi connectivity index (χ2v) is 8.34. The predicted molar refractivity (Wildman–Crippen MR) is 121 cm³/mol. The standard InChI is InChI=1S/C25H32N2O5/c1-6-31-25(30)22-16(3)21(17(4)26-22)23(28)18(5)27(14-20-8-7-13-32-20)24(29)19-11-9-15(2)10-12-19/h9-12,18,20,26H,6-8,13-14H2,1-5H3. The maximum Gasteiger partial charge on any atom is 0.355 e. The SMILES string of the molecule is CCOC(=O)c1[nH]c(C)c(C(=O)C(C)N(CC2CCCO2)C(=O)c2ccc(C)cc2)c1C. The van der Waals surface area contributed by atoms with Gasteiger partial charge in [-0.05, 0) is 65.2 Å². The Morgan fingerprint density at radius 2 is 1.88 bits per heavy atom. The number of carbonyl (C=O) groups excluding carboxylic acids is 3. The molecule has 2 heterocycles. The van der Waals surface area contributed by atoms with Crippen LogP contribution in [-0.4, -0.2) is 59.4 Å². The number of carbonyl (C=O) groups is 3. The number of Topliss-reactive ketones (excluding diaryl/α,β-unsaturated/α-hetero) is 1. The Morgan fingerprint density at radius 3 is 2.47 bits per heavy atom. The van der Waals surface area contributed by atoms with Gasteiger partial charge in [-0.3, -0.25) is 9.59 Å². The van der Waals surface area contributed by atoms with Gasteiger partial charge in [0.05, 0.1) is 18.8 Å². The molecule has 0 radical (unpaired) electrons. The zero-order chi connectivity index (χ0) is 23.4. The molecule has 1 N–H and O–H groups in total. The molecule has 3 rings (SSSR count). The number of ketones is 1. The summed E-state index contributed by atoms with van der Waals surface area (Å²) < 4.78 is 10.9. The molecule has 2 atom stereocenters. The number of rotatable bonds is 8. The summed E-state index contributed by atoms with van der Waals surface area (Å²) >= 11 is 0. The Morgan fingerprint density at radius 1 is 1.19 bits per heavy atom. The predicted octanol–water partition coefficient (Wildman–Crippen LogP) is 4.01. The number of nitrogens with one attached hydrogen (secondary N) is 1. The van der Waals surface area contributed by atoms with Crippen LogP contribution in [0.5, 0.6) is 0 Å². The summed E-state index contributed by atoms with van der Waals surface area (Å²) in [6.45, 7) is 10.2. The van der Waals surface area contributed by atoms with E-state index in [9.17, 15) is 14.4 Å². The highest BCUT2D eigenvalue weighted by atomic mass is 16.5. The molecule has 1 aliphatic heterocycles. The van der Waals surface area contributed by atoms with Crippen molar-refractivity contribution in [2.75, 3.05) is 19.8 Å². The lowest BCUT2D eigenvalue weighted by Crippen LogP contribution is -2.47. The normalized spacial score (nSPS) is 16.6. The van der Waals surface area contributed by atoms with E-state index in [0.717, 1.165) is 18.4 Å². The largest absolute Gasteiger partial charge is 0.461 e. The summed E-state index contributed by atoms with van der Waals surface area (Å²) in [4.78, 5) is 43.9. The Hall–Kier alpha value is -2.93. The molecule has 0 bridgehead atoms. The van der Waals surface area contributed by atoms with Gasteiger partial charge in [-0.25, -0.2) is 4.79 Å². The van der Waals surface area contributed by atoms with Crippen LogP contribution in [0, 0.1) is 20.8 Å². The molecule has 1 aliphatic rings. The van der Waals surface area contributed by atoms with E-state index in [1.165, 1.54) is 0 Å². The minimum absolute atomic E-state index is 0.0943. The Bertz CT molecular complexity index is 987. The van der Waals surface area contributed by atoms with Crippen molar-refractivity contribution in [1.82, 2.24) is 9.88 Å². The average molecular weight is 441 g/mol. The fourth-order valence-electron chi connectivity index (χ4n) is 4.16. The molecule has 32 heavy (non-hydrogen) atoms. The van der Waals surface area contributed by atoms with Gasteiger partial charge in [0.25, 0.3) is 5.91 Å². The van der Waals surface area contributed by atoms with Crippen LogP contribution in [0.2, 0.25) is 0 Å². The van der Waals surface area contributed by atoms with Crippen LogP contribution in [0.4, 0.5) is 0 Å². The quantitative estimate of drug-likeness (QED) is 0.495. The van der Waals surface area contributed by atoms with E-state index in [1.807, 2.05) is 19.1 Å². The number of ether oxygens (including phenoxy) is 2. The van der Waals surface area contributed by atoms with E-state index >= 15 is 0 Å². The Labute approximate surface area is 189 Å². The maximum absolute atomic E-state index is 13.6. The van der Waals surface area contributed by atoms with Gasteiger partial charge < -0.3 is 19.4 Å². The van der Waals surface area contributed by atoms with E-state index in [1.54, 1.807) is 44.7 Å². The number of amides is 1. The molecule has 1 fully saturated rings. The smallest absolute Gasteiger partial charge is 0.355 e. The van der Waals surface area contributed by atoms with Crippen molar-refractivity contribution in [3.63, 3.8) is 0 Å². The molecule has 7 nitrogen and oxygen atoms in total. The average Bonchev–Trinajstić information content (AvgIpc) is 3.38. The molecule has 1 saturated heterocycles. The van der Waals surface area contributed by atoms with Crippen LogP contribution in [0.1, 0.15) is 74.7 Å². The molecule has 0 saturated carbocycles. The van der Waals surface area contributed by atoms with Gasteiger partial charge in [-0.2, -0.15) is 0 Å². The molecular weight excluding hydrogens is 408 g/mol. The first-order chi connectivity index (χ1) is 15.2. The highest BCUT2D eigenvalue weighted by Gasteiger charge is 2.33. The maximum atomic E-state index is 13.6. The number of hydrogen-bond acceptors (Lipinski definition) is 5. The van der Waals surface area contributed by atoms with Crippen LogP contribution < -0.4 is 0 Å². The number of aromatic nitrogens is 1. The third kappa shape index (κ3) is 4.93. The third-order valence-electron chi connectivity index (χ3n) is 5.99. The van der Waals surface area contributed by atoms with Gasteiger partial charge in [0.2, 0.25) is 0 Å². The van der Waals surface area contributed by atoms with Gasteiger partial charge in [-0.1, -0.05) is 17.7 Å². The summed E-state index contributed by atoms with van der Waals surface area (Å²) in [5, 5.41) is 0. The van der Waals surface area contributed by atoms with Gasteiger partial charge in [0.1, 0.15) is 5.69 Å². The molecule has 2 aromatic rings. The molecule has 172 valence electrons. The fraction of sp³-hybridized carbons (Fsp3) is 0.480. The minimum Gasteiger partial charge on any atom is -0.461 e. The molecule has 0 spiro atoms. The van der Waals surface area contributed by atoms with Crippen molar-refractivity contribution < 1.29 is 23.9 Å². The highest BCUT2D eigenvalue weighted by Crippen LogP contribution is 2.24. The third-order valence-corrected chi connectivity index (χ3v) is 5.99. The highest BCUT2D eigenvalue weighted by molar-refractivity contribution is 6.07. The van der Waals surface area contributed by atoms with Crippen LogP contribution >= 0.6 is 0 Å². The second-order valence-electron chi connectivity index (χ2n) is 8.34. The molecule has 1 amide bonds. The van der Waals surface area contributed by atoms with E-state index in [4.69, 9.17) is 9.47 Å². The number of aryl methyl sites for hydroxylation is 2. The second kappa shape index (κ2) is 10.1. The summed E-state index contributed by atoms with van der Waals surface area (Å²) in [6, 6.07) is 6.61. The summed E-state index contributed by atoms with van der Waals surface area (Å²) in [6.07, 6.45) is 1.70. The van der Waals surface area contributed by atoms with Crippen molar-refractivity contribution in [1.29, 1.82) is 0 Å². The van der Waals surface area contributed by atoms with Crippen molar-refractivity contribution in [3.8, 4) is 0 Å². The molecule has 2 unspecified atom stereocenters. The molecule has 0 aliphatic carbocycles. The number of hydrogen-bond donors (Lipinski definition) is 1. The number of nitrogens with zero attached hydrogens (tertiary/aromatic N) is 1. The van der Waals surface area contributed by atoms with Gasteiger partial charge >= 0.3 is 5.97 Å². The molecule has 1 aromatic heterocycles. The number of esters is 1. The van der Waals surface area contributed by atoms with Gasteiger partial charge in [-0.15, -0.1) is 0 Å². The zero-order valence-electron chi connectivity index (χ0n) is 19.5. The van der Waals surface area contributed by atoms with E-state index in [2.05, 4.69) is 4.98 Å².